The van der Waals surface area contributed by atoms with Crippen LogP contribution in [0.3, 0.4) is 0 Å². The third-order valence-corrected chi connectivity index (χ3v) is 4.12. The lowest BCUT2D eigenvalue weighted by atomic mass is 9.99. The Morgan fingerprint density at radius 3 is 2.78 bits per heavy atom. The number of aromatic amines is 1. The topological polar surface area (TPSA) is 58.2 Å². The molecule has 5 nitrogen and oxygen atoms in total. The van der Waals surface area contributed by atoms with Crippen molar-refractivity contribution in [3.63, 3.8) is 0 Å². The molecule has 0 saturated heterocycles. The summed E-state index contributed by atoms with van der Waals surface area (Å²) in [7, 11) is 1.72. The molecule has 0 aliphatic carbocycles. The fourth-order valence-electron chi connectivity index (χ4n) is 2.97. The van der Waals surface area contributed by atoms with Gasteiger partial charge in [0.15, 0.2) is 5.69 Å². The third kappa shape index (κ3) is 3.12. The molecule has 1 aliphatic heterocycles. The molecule has 1 aromatic heterocycles. The third-order valence-electron chi connectivity index (χ3n) is 4.12. The molecule has 3 rings (SSSR count). The number of hydrogen-bond donors (Lipinski definition) is 1. The Bertz CT molecular complexity index is 711. The highest BCUT2D eigenvalue weighted by Crippen LogP contribution is 2.30. The van der Waals surface area contributed by atoms with Crippen LogP contribution in [0.4, 0.5) is 4.39 Å². The van der Waals surface area contributed by atoms with E-state index >= 15 is 0 Å². The van der Waals surface area contributed by atoms with Crippen LogP contribution < -0.4 is 0 Å². The molecule has 0 radical (unpaired) electrons. The fourth-order valence-corrected chi connectivity index (χ4v) is 2.97. The zero-order valence-corrected chi connectivity index (χ0v) is 13.5. The summed E-state index contributed by atoms with van der Waals surface area (Å²) in [6, 6.07) is 6.14. The van der Waals surface area contributed by atoms with E-state index in [9.17, 15) is 9.18 Å². The number of rotatable bonds is 3. The number of H-pyrrole nitrogens is 1. The van der Waals surface area contributed by atoms with Gasteiger partial charge in [-0.05, 0) is 31.5 Å². The first-order valence-corrected chi connectivity index (χ1v) is 7.68. The van der Waals surface area contributed by atoms with Crippen molar-refractivity contribution in [1.29, 1.82) is 0 Å². The molecule has 2 atom stereocenters. The van der Waals surface area contributed by atoms with Gasteiger partial charge in [0, 0.05) is 25.6 Å². The van der Waals surface area contributed by atoms with Gasteiger partial charge in [-0.25, -0.2) is 4.39 Å². The minimum Gasteiger partial charge on any atom is -0.369 e. The maximum atomic E-state index is 13.0. The lowest BCUT2D eigenvalue weighted by Crippen LogP contribution is -2.29. The van der Waals surface area contributed by atoms with Crippen molar-refractivity contribution in [2.75, 3.05) is 7.05 Å². The number of nitrogens with one attached hydrogen (secondary N) is 1. The standard InChI is InChI=1S/C17H20FN3O2/c1-10-8-14-15(11(2)23-10)19-20-16(14)17(22)21(3)9-12-4-6-13(18)7-5-12/h4-7,10-11H,8-9H2,1-3H3,(H,19,20)/t10-,11+/m1/s1. The van der Waals surface area contributed by atoms with Gasteiger partial charge in [0.2, 0.25) is 0 Å². The maximum Gasteiger partial charge on any atom is 0.274 e. The predicted molar refractivity (Wildman–Crippen MR) is 83.5 cm³/mol. The van der Waals surface area contributed by atoms with Gasteiger partial charge in [0.05, 0.1) is 17.9 Å². The minimum atomic E-state index is -0.285. The molecule has 0 unspecified atom stereocenters. The Morgan fingerprint density at radius 2 is 2.09 bits per heavy atom. The van der Waals surface area contributed by atoms with E-state index in [1.54, 1.807) is 24.1 Å². The number of fused-ring (bicyclic) bond motifs is 1. The Hall–Kier alpha value is -2.21. The summed E-state index contributed by atoms with van der Waals surface area (Å²) in [5, 5.41) is 7.13. The van der Waals surface area contributed by atoms with Crippen molar-refractivity contribution in [2.45, 2.75) is 39.0 Å². The maximum absolute atomic E-state index is 13.0. The van der Waals surface area contributed by atoms with E-state index in [2.05, 4.69) is 10.2 Å². The highest BCUT2D eigenvalue weighted by Gasteiger charge is 2.30. The first-order valence-electron chi connectivity index (χ1n) is 7.68. The van der Waals surface area contributed by atoms with Crippen molar-refractivity contribution in [3.05, 3.63) is 52.6 Å². The van der Waals surface area contributed by atoms with Crippen LogP contribution in [0.2, 0.25) is 0 Å². The second-order valence-corrected chi connectivity index (χ2v) is 6.05. The van der Waals surface area contributed by atoms with Crippen LogP contribution in [0.25, 0.3) is 0 Å². The lowest BCUT2D eigenvalue weighted by molar-refractivity contribution is -0.00701. The highest BCUT2D eigenvalue weighted by atomic mass is 19.1. The average molecular weight is 317 g/mol. The normalized spacial score (nSPS) is 20.2. The average Bonchev–Trinajstić information content (AvgIpc) is 2.92. The molecule has 0 spiro atoms. The van der Waals surface area contributed by atoms with E-state index in [1.807, 2.05) is 13.8 Å². The molecule has 1 aliphatic rings. The van der Waals surface area contributed by atoms with Gasteiger partial charge >= 0.3 is 0 Å². The zero-order valence-electron chi connectivity index (χ0n) is 13.5. The number of carbonyl (C=O) groups is 1. The zero-order chi connectivity index (χ0) is 16.6. The van der Waals surface area contributed by atoms with Crippen LogP contribution in [-0.4, -0.2) is 34.2 Å². The lowest BCUT2D eigenvalue weighted by Gasteiger charge is -2.25. The van der Waals surface area contributed by atoms with Crippen molar-refractivity contribution in [3.8, 4) is 0 Å². The van der Waals surface area contributed by atoms with Crippen molar-refractivity contribution in [2.24, 2.45) is 0 Å². The predicted octanol–water partition coefficient (Wildman–Crippen LogP) is 2.84. The molecule has 1 N–H and O–H groups in total. The molecular weight excluding hydrogens is 297 g/mol. The van der Waals surface area contributed by atoms with Crippen LogP contribution >= 0.6 is 0 Å². The van der Waals surface area contributed by atoms with Gasteiger partial charge in [-0.2, -0.15) is 5.10 Å². The number of amides is 1. The Labute approximate surface area is 134 Å². The van der Waals surface area contributed by atoms with Crippen molar-refractivity contribution < 1.29 is 13.9 Å². The Kier molecular flexibility index (Phi) is 4.17. The van der Waals surface area contributed by atoms with Gasteiger partial charge in [-0.3, -0.25) is 9.89 Å². The number of nitrogens with zero attached hydrogens (tertiary/aromatic N) is 2. The SMILES string of the molecule is C[C@@H]1Cc2c(C(=O)N(C)Cc3ccc(F)cc3)n[nH]c2[C@H](C)O1. The number of hydrogen-bond acceptors (Lipinski definition) is 3. The van der Waals surface area contributed by atoms with Crippen LogP contribution in [0, 0.1) is 5.82 Å². The summed E-state index contributed by atoms with van der Waals surface area (Å²) in [4.78, 5) is 14.3. The summed E-state index contributed by atoms with van der Waals surface area (Å²) >= 11 is 0. The molecule has 2 heterocycles. The number of halogens is 1. The van der Waals surface area contributed by atoms with Crippen LogP contribution in [0.15, 0.2) is 24.3 Å². The molecule has 0 saturated carbocycles. The van der Waals surface area contributed by atoms with Gasteiger partial charge in [0.1, 0.15) is 5.82 Å². The van der Waals surface area contributed by atoms with Crippen LogP contribution in [0.1, 0.15) is 47.3 Å². The first-order chi connectivity index (χ1) is 11.0. The quantitative estimate of drug-likeness (QED) is 0.947. The highest BCUT2D eigenvalue weighted by molar-refractivity contribution is 5.94. The van der Waals surface area contributed by atoms with Gasteiger partial charge in [-0.1, -0.05) is 12.1 Å². The number of benzene rings is 1. The Balaban J connectivity index is 1.79. The summed E-state index contributed by atoms with van der Waals surface area (Å²) in [5.41, 5.74) is 3.14. The number of carbonyl (C=O) groups excluding carboxylic acids is 1. The van der Waals surface area contributed by atoms with E-state index < -0.39 is 0 Å². The molecule has 1 amide bonds. The molecule has 23 heavy (non-hydrogen) atoms. The molecule has 2 aromatic rings. The molecule has 6 heteroatoms. The fraction of sp³-hybridized carbons (Fsp3) is 0.412. The molecule has 122 valence electrons. The van der Waals surface area contributed by atoms with Gasteiger partial charge < -0.3 is 9.64 Å². The first kappa shape index (κ1) is 15.7. The molecule has 1 aromatic carbocycles. The van der Waals surface area contributed by atoms with E-state index in [0.717, 1.165) is 16.8 Å². The summed E-state index contributed by atoms with van der Waals surface area (Å²) in [6.07, 6.45) is 0.635. The van der Waals surface area contributed by atoms with Gasteiger partial charge in [-0.15, -0.1) is 0 Å². The molecular formula is C17H20FN3O2. The van der Waals surface area contributed by atoms with E-state index in [0.29, 0.717) is 18.7 Å². The smallest absolute Gasteiger partial charge is 0.274 e. The van der Waals surface area contributed by atoms with Gasteiger partial charge in [0.25, 0.3) is 5.91 Å². The van der Waals surface area contributed by atoms with E-state index in [4.69, 9.17) is 4.74 Å². The summed E-state index contributed by atoms with van der Waals surface area (Å²) in [6.45, 7) is 4.34. The van der Waals surface area contributed by atoms with E-state index in [-0.39, 0.29) is 23.9 Å². The number of aromatic nitrogens is 2. The molecule has 0 bridgehead atoms. The number of ether oxygens (including phenoxy) is 1. The van der Waals surface area contributed by atoms with Crippen molar-refractivity contribution >= 4 is 5.91 Å². The molecule has 0 fully saturated rings. The largest absolute Gasteiger partial charge is 0.369 e. The summed E-state index contributed by atoms with van der Waals surface area (Å²) < 4.78 is 18.7. The second-order valence-electron chi connectivity index (χ2n) is 6.05. The second kappa shape index (κ2) is 6.12. The monoisotopic (exact) mass is 317 g/mol. The van der Waals surface area contributed by atoms with Crippen LogP contribution in [-0.2, 0) is 17.7 Å². The Morgan fingerprint density at radius 1 is 1.39 bits per heavy atom. The van der Waals surface area contributed by atoms with Crippen LogP contribution in [0.5, 0.6) is 0 Å². The van der Waals surface area contributed by atoms with Crippen molar-refractivity contribution in [1.82, 2.24) is 15.1 Å². The minimum absolute atomic E-state index is 0.0593. The van der Waals surface area contributed by atoms with E-state index in [1.165, 1.54) is 12.1 Å². The summed E-state index contributed by atoms with van der Waals surface area (Å²) in [5.74, 6) is -0.430.